The third-order valence-corrected chi connectivity index (χ3v) is 18.2. The maximum Gasteiger partial charge on any atom is 0.472 e. The van der Waals surface area contributed by atoms with Crippen molar-refractivity contribution in [3.05, 3.63) is 72.9 Å². The van der Waals surface area contributed by atoms with E-state index in [4.69, 9.17) is 18.5 Å². The molecule has 0 spiro atoms. The minimum Gasteiger partial charge on any atom is -0.462 e. The van der Waals surface area contributed by atoms with Crippen molar-refractivity contribution in [2.24, 2.45) is 0 Å². The molecular formula is C80H149NO8P+. The summed E-state index contributed by atoms with van der Waals surface area (Å²) in [6.07, 6.45) is 96.1. The lowest BCUT2D eigenvalue weighted by Crippen LogP contribution is -2.37. The van der Waals surface area contributed by atoms with Crippen LogP contribution in [0.4, 0.5) is 0 Å². The third-order valence-electron chi connectivity index (χ3n) is 17.2. The van der Waals surface area contributed by atoms with Gasteiger partial charge in [-0.15, -0.1) is 0 Å². The summed E-state index contributed by atoms with van der Waals surface area (Å²) < 4.78 is 34.8. The summed E-state index contributed by atoms with van der Waals surface area (Å²) >= 11 is 0. The maximum absolute atomic E-state index is 12.9. The minimum atomic E-state index is -4.39. The topological polar surface area (TPSA) is 108 Å². The third kappa shape index (κ3) is 74.5. The van der Waals surface area contributed by atoms with E-state index < -0.39 is 26.5 Å². The van der Waals surface area contributed by atoms with Crippen LogP contribution in [0.1, 0.15) is 373 Å². The molecule has 0 aromatic carbocycles. The first-order valence-corrected chi connectivity index (χ1v) is 40.2. The van der Waals surface area contributed by atoms with Gasteiger partial charge in [0.2, 0.25) is 0 Å². The first-order chi connectivity index (χ1) is 44.0. The molecule has 0 saturated carbocycles. The van der Waals surface area contributed by atoms with Crippen LogP contribution in [-0.4, -0.2) is 74.9 Å². The molecule has 0 bridgehead atoms. The van der Waals surface area contributed by atoms with Gasteiger partial charge in [-0.1, -0.05) is 350 Å². The van der Waals surface area contributed by atoms with Crippen molar-refractivity contribution >= 4 is 19.8 Å². The number of phosphoric ester groups is 1. The van der Waals surface area contributed by atoms with Crippen LogP contribution in [0.2, 0.25) is 0 Å². The molecule has 0 aromatic rings. The second-order valence-corrected chi connectivity index (χ2v) is 28.8. The van der Waals surface area contributed by atoms with Crippen LogP contribution in [0.5, 0.6) is 0 Å². The largest absolute Gasteiger partial charge is 0.472 e. The van der Waals surface area contributed by atoms with Crippen molar-refractivity contribution in [1.82, 2.24) is 0 Å². The SMILES string of the molecule is CC/C=C\C/C=C\C/C=C\C/C=C\CCCCCCCCCCCCCCCCCCCCCCCCCCCCC(=O)OC(COC(=O)CCCCCCCCCCCCCCCCC/C=C\C/C=C\CCCCCCC)COP(=O)(O)OCC[N+](C)(C)C. The molecule has 0 aliphatic carbocycles. The highest BCUT2D eigenvalue weighted by atomic mass is 31.2. The Kier molecular flexibility index (Phi) is 68.8. The van der Waals surface area contributed by atoms with Gasteiger partial charge >= 0.3 is 19.8 Å². The molecule has 0 aliphatic rings. The van der Waals surface area contributed by atoms with Crippen molar-refractivity contribution in [2.75, 3.05) is 47.5 Å². The molecule has 0 heterocycles. The zero-order valence-electron chi connectivity index (χ0n) is 60.1. The van der Waals surface area contributed by atoms with Crippen LogP contribution in [0, 0.1) is 0 Å². The van der Waals surface area contributed by atoms with Crippen molar-refractivity contribution in [1.29, 1.82) is 0 Å². The van der Waals surface area contributed by atoms with Gasteiger partial charge < -0.3 is 18.9 Å². The first-order valence-electron chi connectivity index (χ1n) is 38.7. The van der Waals surface area contributed by atoms with Gasteiger partial charge in [-0.05, 0) is 83.5 Å². The number of nitrogens with zero attached hydrogens (tertiary/aromatic N) is 1. The summed E-state index contributed by atoms with van der Waals surface area (Å²) in [6, 6.07) is 0. The highest BCUT2D eigenvalue weighted by Gasteiger charge is 2.27. The predicted octanol–water partition coefficient (Wildman–Crippen LogP) is 25.5. The summed E-state index contributed by atoms with van der Waals surface area (Å²) in [5, 5.41) is 0. The second kappa shape index (κ2) is 70.8. The highest BCUT2D eigenvalue weighted by molar-refractivity contribution is 7.47. The number of ether oxygens (including phenoxy) is 2. The summed E-state index contributed by atoms with van der Waals surface area (Å²) in [5.74, 6) is -0.778. The number of rotatable bonds is 72. The number of quaternary nitrogens is 1. The fraction of sp³-hybridized carbons (Fsp3) is 0.825. The molecule has 0 aromatic heterocycles. The van der Waals surface area contributed by atoms with Gasteiger partial charge in [-0.2, -0.15) is 0 Å². The predicted molar refractivity (Wildman–Crippen MR) is 390 cm³/mol. The molecule has 1 N–H and O–H groups in total. The van der Waals surface area contributed by atoms with E-state index in [1.54, 1.807) is 0 Å². The van der Waals surface area contributed by atoms with Crippen LogP contribution in [0.3, 0.4) is 0 Å². The van der Waals surface area contributed by atoms with Crippen LogP contribution < -0.4 is 0 Å². The van der Waals surface area contributed by atoms with Gasteiger partial charge in [0.1, 0.15) is 19.8 Å². The van der Waals surface area contributed by atoms with Gasteiger partial charge in [-0.25, -0.2) is 4.57 Å². The lowest BCUT2D eigenvalue weighted by molar-refractivity contribution is -0.870. The zero-order chi connectivity index (χ0) is 65.5. The average Bonchev–Trinajstić information content (AvgIpc) is 3.58. The Morgan fingerprint density at radius 1 is 0.356 bits per heavy atom. The van der Waals surface area contributed by atoms with E-state index in [0.29, 0.717) is 23.9 Å². The molecule has 9 nitrogen and oxygen atoms in total. The Labute approximate surface area is 559 Å². The van der Waals surface area contributed by atoms with E-state index in [0.717, 1.165) is 64.2 Å². The molecule has 0 amide bonds. The number of hydrogen-bond acceptors (Lipinski definition) is 7. The average molecular weight is 1280 g/mol. The normalized spacial score (nSPS) is 13.4. The number of esters is 2. The summed E-state index contributed by atoms with van der Waals surface area (Å²) in [7, 11) is 1.49. The number of allylic oxidation sites excluding steroid dienone is 12. The molecule has 10 heteroatoms. The van der Waals surface area contributed by atoms with E-state index in [1.807, 2.05) is 21.1 Å². The molecule has 0 rings (SSSR count). The van der Waals surface area contributed by atoms with Gasteiger partial charge in [0.25, 0.3) is 0 Å². The Balaban J connectivity index is 3.92. The van der Waals surface area contributed by atoms with E-state index >= 15 is 0 Å². The minimum absolute atomic E-state index is 0.0331. The lowest BCUT2D eigenvalue weighted by Gasteiger charge is -2.24. The smallest absolute Gasteiger partial charge is 0.462 e. The Bertz CT molecular complexity index is 1750. The number of carbonyl (C=O) groups excluding carboxylic acids is 2. The van der Waals surface area contributed by atoms with Gasteiger partial charge in [0.15, 0.2) is 6.10 Å². The monoisotopic (exact) mass is 1280 g/mol. The number of phosphoric acid groups is 1. The van der Waals surface area contributed by atoms with E-state index in [2.05, 4.69) is 86.8 Å². The van der Waals surface area contributed by atoms with E-state index in [1.165, 1.54) is 276 Å². The molecule has 526 valence electrons. The lowest BCUT2D eigenvalue weighted by atomic mass is 10.0. The van der Waals surface area contributed by atoms with Crippen molar-refractivity contribution in [3.63, 3.8) is 0 Å². The van der Waals surface area contributed by atoms with Gasteiger partial charge in [0.05, 0.1) is 27.7 Å². The van der Waals surface area contributed by atoms with Crippen LogP contribution in [0.25, 0.3) is 0 Å². The molecule has 2 unspecified atom stereocenters. The quantitative estimate of drug-likeness (QED) is 0.0211. The fourth-order valence-electron chi connectivity index (χ4n) is 11.3. The second-order valence-electron chi connectivity index (χ2n) is 27.4. The van der Waals surface area contributed by atoms with Gasteiger partial charge in [-0.3, -0.25) is 18.6 Å². The Morgan fingerprint density at radius 3 is 0.944 bits per heavy atom. The molecule has 90 heavy (non-hydrogen) atoms. The molecule has 0 saturated heterocycles. The molecule has 0 fully saturated rings. The molecule has 0 radical (unpaired) electrons. The molecule has 2 atom stereocenters. The fourth-order valence-corrected chi connectivity index (χ4v) is 12.1. The first kappa shape index (κ1) is 87.5. The Morgan fingerprint density at radius 2 is 0.633 bits per heavy atom. The summed E-state index contributed by atoms with van der Waals surface area (Å²) in [6.45, 7) is 4.37. The standard InChI is InChI=1S/C80H148NO8P/c1-6-8-10-12-14-16-18-20-22-24-26-28-30-32-34-35-36-37-38-39-40-41-42-43-44-45-47-49-51-53-55-57-59-61-63-65-67-69-71-73-80(83)89-78(77-88-90(84,85)87-75-74-81(3,4)5)76-86-79(82)72-70-68-66-64-62-60-58-56-54-52-50-48-46-33-31-29-27-25-23-21-19-17-15-13-11-9-7-2/h8,10,14,16,19-22,25-28,78H,6-7,9,11-13,15,17-18,23-24,29-77H2,1-5H3/p+1/b10-8-,16-14-,21-19-,22-20-,27-25-,28-26-. The van der Waals surface area contributed by atoms with Crippen molar-refractivity contribution in [3.8, 4) is 0 Å². The van der Waals surface area contributed by atoms with Crippen LogP contribution >= 0.6 is 7.82 Å². The van der Waals surface area contributed by atoms with Crippen LogP contribution in [-0.2, 0) is 32.7 Å². The number of unbranched alkanes of at least 4 members (excludes halogenated alkanes) is 46. The van der Waals surface area contributed by atoms with Crippen molar-refractivity contribution in [2.45, 2.75) is 380 Å². The van der Waals surface area contributed by atoms with Crippen LogP contribution in [0.15, 0.2) is 72.9 Å². The van der Waals surface area contributed by atoms with E-state index in [-0.39, 0.29) is 25.6 Å². The highest BCUT2D eigenvalue weighted by Crippen LogP contribution is 2.43. The van der Waals surface area contributed by atoms with Gasteiger partial charge in [0, 0.05) is 12.8 Å². The zero-order valence-corrected chi connectivity index (χ0v) is 61.0. The Hall–Kier alpha value is -2.55. The number of carbonyl (C=O) groups is 2. The summed E-state index contributed by atoms with van der Waals surface area (Å²) in [4.78, 5) is 35.9. The number of hydrogen-bond donors (Lipinski definition) is 1. The number of likely N-dealkylation sites (N-methyl/N-ethyl adjacent to an activating group) is 1. The van der Waals surface area contributed by atoms with Crippen molar-refractivity contribution < 1.29 is 42.1 Å². The molecule has 0 aliphatic heterocycles. The maximum atomic E-state index is 12.9. The summed E-state index contributed by atoms with van der Waals surface area (Å²) in [5.41, 5.74) is 0. The molecular weight excluding hydrogens is 1130 g/mol. The van der Waals surface area contributed by atoms with E-state index in [9.17, 15) is 19.0 Å².